The third-order valence-corrected chi connectivity index (χ3v) is 8.48. The van der Waals surface area contributed by atoms with E-state index in [0.717, 1.165) is 29.6 Å². The van der Waals surface area contributed by atoms with Crippen molar-refractivity contribution in [3.8, 4) is 11.4 Å². The Morgan fingerprint density at radius 2 is 1.95 bits per heavy atom. The van der Waals surface area contributed by atoms with Crippen molar-refractivity contribution in [3.05, 3.63) is 62.2 Å². The number of hydrogen-bond acceptors (Lipinski definition) is 7. The summed E-state index contributed by atoms with van der Waals surface area (Å²) < 4.78 is 21.5. The number of hydrogen-bond donors (Lipinski definition) is 2. The normalized spacial score (nSPS) is 22.5. The molecular formula is C28H30FN3O5. The lowest BCUT2D eigenvalue weighted by Crippen LogP contribution is -2.44. The van der Waals surface area contributed by atoms with E-state index < -0.39 is 11.6 Å². The number of rotatable bonds is 3. The van der Waals surface area contributed by atoms with Crippen LogP contribution in [-0.2, 0) is 28.3 Å². The van der Waals surface area contributed by atoms with Gasteiger partial charge in [0.2, 0.25) is 0 Å². The minimum Gasteiger partial charge on any atom is -0.458 e. The summed E-state index contributed by atoms with van der Waals surface area (Å²) in [5.74, 6) is -1.13. The maximum Gasteiger partial charge on any atom is 0.343 e. The fourth-order valence-corrected chi connectivity index (χ4v) is 6.17. The molecule has 3 aromatic rings. The molecule has 0 spiro atoms. The third-order valence-electron chi connectivity index (χ3n) is 8.48. The number of aromatic nitrogens is 2. The van der Waals surface area contributed by atoms with Crippen LogP contribution in [0.15, 0.2) is 23.0 Å². The second kappa shape index (κ2) is 8.44. The van der Waals surface area contributed by atoms with E-state index in [1.165, 1.54) is 6.07 Å². The number of halogens is 1. The van der Waals surface area contributed by atoms with Gasteiger partial charge in [0.25, 0.3) is 5.56 Å². The molecule has 5 heterocycles. The van der Waals surface area contributed by atoms with Crippen molar-refractivity contribution < 1.29 is 24.1 Å². The zero-order valence-electron chi connectivity index (χ0n) is 21.2. The van der Waals surface area contributed by atoms with E-state index in [1.807, 2.05) is 6.07 Å². The summed E-state index contributed by atoms with van der Waals surface area (Å²) in [6.45, 7) is 7.04. The van der Waals surface area contributed by atoms with E-state index in [4.69, 9.17) is 9.72 Å². The molecular weight excluding hydrogens is 477 g/mol. The average molecular weight is 508 g/mol. The summed E-state index contributed by atoms with van der Waals surface area (Å²) in [5, 5.41) is 22.0. The predicted octanol–water partition coefficient (Wildman–Crippen LogP) is 3.04. The second-order valence-corrected chi connectivity index (χ2v) is 10.5. The Morgan fingerprint density at radius 1 is 1.22 bits per heavy atom. The van der Waals surface area contributed by atoms with E-state index in [9.17, 15) is 24.2 Å². The maximum absolute atomic E-state index is 14.7. The van der Waals surface area contributed by atoms with Crippen LogP contribution in [0.3, 0.4) is 0 Å². The second-order valence-electron chi connectivity index (χ2n) is 10.5. The molecule has 1 saturated heterocycles. The van der Waals surface area contributed by atoms with Crippen LogP contribution >= 0.6 is 0 Å². The summed E-state index contributed by atoms with van der Waals surface area (Å²) in [6.07, 6.45) is 1.11. The first-order chi connectivity index (χ1) is 17.6. The molecule has 3 aliphatic heterocycles. The van der Waals surface area contributed by atoms with Crippen molar-refractivity contribution in [2.45, 2.75) is 70.9 Å². The molecule has 0 aliphatic carbocycles. The van der Waals surface area contributed by atoms with Gasteiger partial charge in [-0.15, -0.1) is 0 Å². The van der Waals surface area contributed by atoms with Crippen LogP contribution in [-0.4, -0.2) is 49.8 Å². The molecule has 9 heteroatoms. The summed E-state index contributed by atoms with van der Waals surface area (Å²) in [4.78, 5) is 33.3. The van der Waals surface area contributed by atoms with Crippen LogP contribution in [0.5, 0.6) is 0 Å². The van der Waals surface area contributed by atoms with Crippen molar-refractivity contribution in [1.29, 1.82) is 0 Å². The Balaban J connectivity index is 1.60. The molecule has 1 aromatic carbocycles. The van der Waals surface area contributed by atoms with Crippen LogP contribution < -0.4 is 5.56 Å². The molecule has 0 amide bonds. The number of nitrogens with zero attached hydrogens (tertiary/aromatic N) is 3. The van der Waals surface area contributed by atoms with Crippen LogP contribution in [0, 0.1) is 12.7 Å². The summed E-state index contributed by atoms with van der Waals surface area (Å²) in [7, 11) is 0. The predicted molar refractivity (Wildman–Crippen MR) is 134 cm³/mol. The molecule has 3 aliphatic rings. The van der Waals surface area contributed by atoms with Gasteiger partial charge in [0.15, 0.2) is 5.60 Å². The van der Waals surface area contributed by atoms with E-state index >= 15 is 0 Å². The highest BCUT2D eigenvalue weighted by Crippen LogP contribution is 2.43. The number of aliphatic hydroxyl groups is 2. The van der Waals surface area contributed by atoms with E-state index in [1.54, 1.807) is 24.5 Å². The first kappa shape index (κ1) is 24.2. The van der Waals surface area contributed by atoms with Gasteiger partial charge in [-0.25, -0.2) is 14.2 Å². The number of fused-ring (bicyclic) bond motifs is 5. The number of carbonyl (C=O) groups is 1. The highest BCUT2D eigenvalue weighted by atomic mass is 19.1. The number of carbonyl (C=O) groups excluding carboxylic acids is 1. The van der Waals surface area contributed by atoms with Crippen LogP contribution in [0.4, 0.5) is 4.39 Å². The molecule has 37 heavy (non-hydrogen) atoms. The number of esters is 1. The lowest BCUT2D eigenvalue weighted by Gasteiger charge is -2.35. The summed E-state index contributed by atoms with van der Waals surface area (Å²) in [5.41, 5.74) is 2.23. The molecule has 6 rings (SSSR count). The fourth-order valence-electron chi connectivity index (χ4n) is 6.17. The first-order valence-corrected chi connectivity index (χ1v) is 12.9. The molecule has 8 nitrogen and oxygen atoms in total. The number of cyclic esters (lactones) is 1. The highest BCUT2D eigenvalue weighted by Gasteiger charge is 2.45. The maximum atomic E-state index is 14.7. The Hall–Kier alpha value is -3.14. The van der Waals surface area contributed by atoms with Gasteiger partial charge in [0, 0.05) is 41.7 Å². The quantitative estimate of drug-likeness (QED) is 0.411. The van der Waals surface area contributed by atoms with Gasteiger partial charge in [-0.05, 0) is 56.4 Å². The SMILES string of the molecule is CC[C@@]1(O)C(=O)OCc2c1cc1n(c2=O)Cc2c-1nc1cc(F)c(C)cc1c2C(C)N1CCC(O)CC1. The monoisotopic (exact) mass is 507 g/mol. The summed E-state index contributed by atoms with van der Waals surface area (Å²) in [6, 6.07) is 4.87. The highest BCUT2D eigenvalue weighted by molar-refractivity contribution is 5.90. The van der Waals surface area contributed by atoms with Gasteiger partial charge in [-0.3, -0.25) is 9.69 Å². The molecule has 2 aromatic heterocycles. The van der Waals surface area contributed by atoms with Crippen molar-refractivity contribution in [1.82, 2.24) is 14.5 Å². The van der Waals surface area contributed by atoms with Crippen molar-refractivity contribution in [3.63, 3.8) is 0 Å². The molecule has 0 bridgehead atoms. The van der Waals surface area contributed by atoms with Crippen molar-refractivity contribution in [2.75, 3.05) is 13.1 Å². The van der Waals surface area contributed by atoms with Crippen LogP contribution in [0.1, 0.15) is 67.0 Å². The third kappa shape index (κ3) is 3.48. The molecule has 1 unspecified atom stereocenters. The summed E-state index contributed by atoms with van der Waals surface area (Å²) >= 11 is 0. The smallest absolute Gasteiger partial charge is 0.343 e. The topological polar surface area (TPSA) is 105 Å². The van der Waals surface area contributed by atoms with Gasteiger partial charge in [-0.2, -0.15) is 0 Å². The Labute approximate surface area is 213 Å². The molecule has 2 N–H and O–H groups in total. The van der Waals surface area contributed by atoms with E-state index in [-0.39, 0.29) is 54.2 Å². The Morgan fingerprint density at radius 3 is 2.65 bits per heavy atom. The molecule has 1 fully saturated rings. The van der Waals surface area contributed by atoms with Gasteiger partial charge in [0.05, 0.1) is 35.1 Å². The van der Waals surface area contributed by atoms with Gasteiger partial charge >= 0.3 is 5.97 Å². The standard InChI is InChI=1S/C28H30FN3O5/c1-4-28(36)20-10-23-25-18(12-32(23)26(34)19(20)13-37-27(28)35)24(15(3)31-7-5-16(33)6-8-31)17-9-14(2)21(29)11-22(17)30-25/h9-11,15-16,33,36H,4-8,12-13H2,1-3H3/t15?,28-/m0/s1. The number of pyridine rings is 2. The molecule has 0 saturated carbocycles. The zero-order chi connectivity index (χ0) is 26.2. The van der Waals surface area contributed by atoms with Crippen molar-refractivity contribution in [2.24, 2.45) is 0 Å². The zero-order valence-corrected chi connectivity index (χ0v) is 21.2. The number of benzene rings is 1. The molecule has 2 atom stereocenters. The minimum atomic E-state index is -1.91. The van der Waals surface area contributed by atoms with Crippen LogP contribution in [0.25, 0.3) is 22.3 Å². The number of ether oxygens (including phenoxy) is 1. The fraction of sp³-hybridized carbons (Fsp3) is 0.464. The lowest BCUT2D eigenvalue weighted by molar-refractivity contribution is -0.172. The Bertz CT molecular complexity index is 1520. The van der Waals surface area contributed by atoms with Crippen LogP contribution in [0.2, 0.25) is 0 Å². The average Bonchev–Trinajstić information content (AvgIpc) is 3.24. The first-order valence-electron chi connectivity index (χ1n) is 12.9. The molecule has 0 radical (unpaired) electrons. The Kier molecular flexibility index (Phi) is 5.52. The lowest BCUT2D eigenvalue weighted by atomic mass is 9.86. The van der Waals surface area contributed by atoms with E-state index in [2.05, 4.69) is 11.8 Å². The van der Waals surface area contributed by atoms with E-state index in [0.29, 0.717) is 35.3 Å². The van der Waals surface area contributed by atoms with Gasteiger partial charge in [0.1, 0.15) is 12.4 Å². The molecule has 194 valence electrons. The minimum absolute atomic E-state index is 0.0614. The number of aryl methyl sites for hydroxylation is 1. The number of piperidine rings is 1. The number of likely N-dealkylation sites (tertiary alicyclic amines) is 1. The van der Waals surface area contributed by atoms with Gasteiger partial charge < -0.3 is 19.5 Å². The van der Waals surface area contributed by atoms with Gasteiger partial charge in [-0.1, -0.05) is 6.92 Å². The number of aliphatic hydroxyl groups excluding tert-OH is 1. The van der Waals surface area contributed by atoms with Crippen molar-refractivity contribution >= 4 is 16.9 Å². The largest absolute Gasteiger partial charge is 0.458 e.